The normalized spacial score (nSPS) is 19.4. The van der Waals surface area contributed by atoms with Gasteiger partial charge in [-0.2, -0.15) is 5.10 Å². The molecule has 104 valence electrons. The molecule has 1 saturated heterocycles. The fourth-order valence-electron chi connectivity index (χ4n) is 2.26. The molecule has 1 aromatic heterocycles. The van der Waals surface area contributed by atoms with Crippen molar-refractivity contribution in [3.63, 3.8) is 0 Å². The second-order valence-electron chi connectivity index (χ2n) is 4.66. The number of aromatic nitrogens is 2. The largest absolute Gasteiger partial charge is 0.353 e. The maximum Gasteiger partial charge on any atom is 0.272 e. The van der Waals surface area contributed by atoms with Gasteiger partial charge in [0.05, 0.1) is 5.69 Å². The van der Waals surface area contributed by atoms with Gasteiger partial charge in [0.1, 0.15) is 11.7 Å². The summed E-state index contributed by atoms with van der Waals surface area (Å²) in [5.41, 5.74) is 1.47. The van der Waals surface area contributed by atoms with Crippen molar-refractivity contribution in [1.82, 2.24) is 20.0 Å². The Balaban J connectivity index is 2.28. The zero-order valence-electron chi connectivity index (χ0n) is 11.6. The highest BCUT2D eigenvalue weighted by atomic mass is 16.2. The van der Waals surface area contributed by atoms with Crippen molar-refractivity contribution in [1.29, 1.82) is 0 Å². The third-order valence-corrected chi connectivity index (χ3v) is 3.47. The summed E-state index contributed by atoms with van der Waals surface area (Å²) in [5, 5.41) is 7.13. The second-order valence-corrected chi connectivity index (χ2v) is 4.66. The highest BCUT2D eigenvalue weighted by molar-refractivity contribution is 5.97. The van der Waals surface area contributed by atoms with Gasteiger partial charge in [-0.15, -0.1) is 0 Å². The average Bonchev–Trinajstić information content (AvgIpc) is 2.84. The summed E-state index contributed by atoms with van der Waals surface area (Å²) in [7, 11) is 0. The molecular formula is C13H20N4O2. The summed E-state index contributed by atoms with van der Waals surface area (Å²) < 4.78 is 1.71. The molecule has 0 spiro atoms. The van der Waals surface area contributed by atoms with E-state index in [2.05, 4.69) is 10.4 Å². The first-order valence-electron chi connectivity index (χ1n) is 6.73. The number of hydrogen-bond acceptors (Lipinski definition) is 3. The van der Waals surface area contributed by atoms with E-state index in [9.17, 15) is 9.59 Å². The van der Waals surface area contributed by atoms with E-state index in [0.29, 0.717) is 25.3 Å². The molecule has 6 nitrogen and oxygen atoms in total. The van der Waals surface area contributed by atoms with Gasteiger partial charge in [0, 0.05) is 19.6 Å². The SMILES string of the molecule is CCc1cc(C(=O)N2CCNC(=O)C2C)n(CC)n1. The Kier molecular flexibility index (Phi) is 3.87. The van der Waals surface area contributed by atoms with Crippen LogP contribution in [0.4, 0.5) is 0 Å². The van der Waals surface area contributed by atoms with Gasteiger partial charge in [0.2, 0.25) is 5.91 Å². The van der Waals surface area contributed by atoms with Crippen LogP contribution in [0.3, 0.4) is 0 Å². The van der Waals surface area contributed by atoms with Gasteiger partial charge >= 0.3 is 0 Å². The first-order valence-corrected chi connectivity index (χ1v) is 6.73. The predicted molar refractivity (Wildman–Crippen MR) is 70.8 cm³/mol. The Morgan fingerprint density at radius 1 is 1.53 bits per heavy atom. The number of piperazine rings is 1. The lowest BCUT2D eigenvalue weighted by Gasteiger charge is -2.32. The smallest absolute Gasteiger partial charge is 0.272 e. The van der Waals surface area contributed by atoms with Crippen LogP contribution in [-0.2, 0) is 17.8 Å². The molecule has 0 bridgehead atoms. The van der Waals surface area contributed by atoms with Gasteiger partial charge in [0.25, 0.3) is 5.91 Å². The van der Waals surface area contributed by atoms with Crippen molar-refractivity contribution in [3.8, 4) is 0 Å². The first kappa shape index (κ1) is 13.6. The molecule has 0 radical (unpaired) electrons. The summed E-state index contributed by atoms with van der Waals surface area (Å²) in [4.78, 5) is 25.8. The minimum absolute atomic E-state index is 0.0992. The summed E-state index contributed by atoms with van der Waals surface area (Å²) in [5.74, 6) is -0.214. The molecule has 0 aromatic carbocycles. The maximum absolute atomic E-state index is 12.5. The number of carbonyl (C=O) groups is 2. The number of carbonyl (C=O) groups excluding carboxylic acids is 2. The van der Waals surface area contributed by atoms with Gasteiger partial charge in [-0.3, -0.25) is 14.3 Å². The van der Waals surface area contributed by atoms with Gasteiger partial charge in [-0.05, 0) is 26.3 Å². The summed E-state index contributed by atoms with van der Waals surface area (Å²) in [6.45, 7) is 7.41. The summed E-state index contributed by atoms with van der Waals surface area (Å²) in [6.07, 6.45) is 0.795. The Morgan fingerprint density at radius 3 is 2.89 bits per heavy atom. The molecule has 0 saturated carbocycles. The van der Waals surface area contributed by atoms with Crippen molar-refractivity contribution in [2.45, 2.75) is 39.8 Å². The fraction of sp³-hybridized carbons (Fsp3) is 0.615. The van der Waals surface area contributed by atoms with Crippen LogP contribution in [0.15, 0.2) is 6.07 Å². The Hall–Kier alpha value is -1.85. The number of amides is 2. The minimum atomic E-state index is -0.425. The average molecular weight is 264 g/mol. The molecule has 1 aliphatic heterocycles. The molecule has 1 fully saturated rings. The highest BCUT2D eigenvalue weighted by Crippen LogP contribution is 2.13. The van der Waals surface area contributed by atoms with E-state index in [1.54, 1.807) is 16.5 Å². The molecule has 1 N–H and O–H groups in total. The Labute approximate surface area is 112 Å². The van der Waals surface area contributed by atoms with Crippen LogP contribution < -0.4 is 5.32 Å². The van der Waals surface area contributed by atoms with Crippen LogP contribution in [0.1, 0.15) is 37.0 Å². The lowest BCUT2D eigenvalue weighted by atomic mass is 10.2. The van der Waals surface area contributed by atoms with Crippen LogP contribution in [0, 0.1) is 0 Å². The van der Waals surface area contributed by atoms with E-state index >= 15 is 0 Å². The van der Waals surface area contributed by atoms with E-state index in [1.807, 2.05) is 19.9 Å². The minimum Gasteiger partial charge on any atom is -0.353 e. The molecule has 2 amide bonds. The lowest BCUT2D eigenvalue weighted by molar-refractivity contribution is -0.127. The molecule has 19 heavy (non-hydrogen) atoms. The quantitative estimate of drug-likeness (QED) is 0.860. The van der Waals surface area contributed by atoms with Crippen molar-refractivity contribution in [2.24, 2.45) is 0 Å². The number of nitrogens with zero attached hydrogens (tertiary/aromatic N) is 3. The predicted octanol–water partition coefficient (Wildman–Crippen LogP) is 0.426. The van der Waals surface area contributed by atoms with Gasteiger partial charge in [0.15, 0.2) is 0 Å². The maximum atomic E-state index is 12.5. The number of rotatable bonds is 3. The first-order chi connectivity index (χ1) is 9.08. The Bertz CT molecular complexity index is 495. The lowest BCUT2D eigenvalue weighted by Crippen LogP contribution is -2.56. The highest BCUT2D eigenvalue weighted by Gasteiger charge is 2.31. The van der Waals surface area contributed by atoms with E-state index in [-0.39, 0.29) is 11.8 Å². The molecule has 1 atom stereocenters. The monoisotopic (exact) mass is 264 g/mol. The standard InChI is InChI=1S/C13H20N4O2/c1-4-10-8-11(17(5-2)15-10)13(19)16-7-6-14-12(18)9(16)3/h8-9H,4-7H2,1-3H3,(H,14,18). The zero-order valence-corrected chi connectivity index (χ0v) is 11.6. The van der Waals surface area contributed by atoms with E-state index in [1.165, 1.54) is 0 Å². The van der Waals surface area contributed by atoms with Gasteiger partial charge in [-0.1, -0.05) is 6.92 Å². The number of nitrogens with one attached hydrogen (secondary N) is 1. The van der Waals surface area contributed by atoms with E-state index in [4.69, 9.17) is 0 Å². The fourth-order valence-corrected chi connectivity index (χ4v) is 2.26. The third kappa shape index (κ3) is 2.47. The molecule has 1 unspecified atom stereocenters. The van der Waals surface area contributed by atoms with Crippen LogP contribution in [0.2, 0.25) is 0 Å². The van der Waals surface area contributed by atoms with Crippen molar-refractivity contribution < 1.29 is 9.59 Å². The van der Waals surface area contributed by atoms with E-state index < -0.39 is 6.04 Å². The number of hydrogen-bond donors (Lipinski definition) is 1. The second kappa shape index (κ2) is 5.42. The molecule has 6 heteroatoms. The van der Waals surface area contributed by atoms with E-state index in [0.717, 1.165) is 12.1 Å². The van der Waals surface area contributed by atoms with Crippen LogP contribution in [0.5, 0.6) is 0 Å². The number of aryl methyl sites for hydroxylation is 2. The van der Waals surface area contributed by atoms with Gasteiger partial charge < -0.3 is 10.2 Å². The van der Waals surface area contributed by atoms with Crippen LogP contribution in [-0.4, -0.2) is 45.6 Å². The van der Waals surface area contributed by atoms with Crippen molar-refractivity contribution in [3.05, 3.63) is 17.5 Å². The Morgan fingerprint density at radius 2 is 2.26 bits per heavy atom. The molecule has 1 aromatic rings. The van der Waals surface area contributed by atoms with Crippen LogP contribution >= 0.6 is 0 Å². The molecule has 2 heterocycles. The molecule has 2 rings (SSSR count). The van der Waals surface area contributed by atoms with Crippen molar-refractivity contribution >= 4 is 11.8 Å². The summed E-state index contributed by atoms with van der Waals surface area (Å²) in [6, 6.07) is 1.40. The molecule has 1 aliphatic rings. The topological polar surface area (TPSA) is 67.2 Å². The molecular weight excluding hydrogens is 244 g/mol. The van der Waals surface area contributed by atoms with Crippen LogP contribution in [0.25, 0.3) is 0 Å². The third-order valence-electron chi connectivity index (χ3n) is 3.47. The van der Waals surface area contributed by atoms with Gasteiger partial charge in [-0.25, -0.2) is 0 Å². The summed E-state index contributed by atoms with van der Waals surface area (Å²) >= 11 is 0. The zero-order chi connectivity index (χ0) is 14.0. The molecule has 0 aliphatic carbocycles. The van der Waals surface area contributed by atoms with Crippen molar-refractivity contribution in [2.75, 3.05) is 13.1 Å².